The number of hydrogen-bond donors (Lipinski definition) is 0. The molecule has 2 amide bonds. The molecule has 0 aliphatic carbocycles. The Labute approximate surface area is 130 Å². The van der Waals surface area contributed by atoms with Gasteiger partial charge in [-0.15, -0.1) is 0 Å². The largest absolute Gasteiger partial charge is 0.349 e. The van der Waals surface area contributed by atoms with Crippen molar-refractivity contribution < 1.29 is 9.59 Å². The highest BCUT2D eigenvalue weighted by molar-refractivity contribution is 8.18. The molecule has 0 bridgehead atoms. The Morgan fingerprint density at radius 2 is 1.95 bits per heavy atom. The minimum Gasteiger partial charge on any atom is -0.349 e. The Kier molecular flexibility index (Phi) is 4.61. The molecule has 114 valence electrons. The van der Waals surface area contributed by atoms with Crippen LogP contribution < -0.4 is 0 Å². The molecule has 0 spiro atoms. The van der Waals surface area contributed by atoms with Crippen LogP contribution in [0.5, 0.6) is 0 Å². The molecule has 1 atom stereocenters. The molecule has 0 aromatic carbocycles. The summed E-state index contributed by atoms with van der Waals surface area (Å²) in [6.45, 7) is 11.0. The van der Waals surface area contributed by atoms with Crippen molar-refractivity contribution in [1.29, 1.82) is 0 Å². The SMILES string of the molecule is CC[C@H](C)N1C(=O)S/C(=C/c2cc(C)n(CC)c2C)C1=O. The van der Waals surface area contributed by atoms with E-state index in [0.29, 0.717) is 4.91 Å². The Morgan fingerprint density at radius 3 is 2.48 bits per heavy atom. The van der Waals surface area contributed by atoms with E-state index < -0.39 is 0 Å². The van der Waals surface area contributed by atoms with Gasteiger partial charge in [-0.3, -0.25) is 14.5 Å². The smallest absolute Gasteiger partial charge is 0.293 e. The number of aromatic nitrogens is 1. The molecule has 0 N–H and O–H groups in total. The van der Waals surface area contributed by atoms with E-state index in [4.69, 9.17) is 0 Å². The maximum Gasteiger partial charge on any atom is 0.293 e. The standard InChI is InChI=1S/C16H22N2O2S/c1-6-10(3)18-15(19)14(21-16(18)20)9-13-8-11(4)17(7-2)12(13)5/h8-10H,6-7H2,1-5H3/b14-9+/t10-/m0/s1. The van der Waals surface area contributed by atoms with Crippen LogP contribution in [0.15, 0.2) is 11.0 Å². The van der Waals surface area contributed by atoms with Crippen molar-refractivity contribution in [2.75, 3.05) is 0 Å². The lowest BCUT2D eigenvalue weighted by atomic mass is 10.2. The van der Waals surface area contributed by atoms with Crippen molar-refractivity contribution in [2.45, 2.75) is 53.6 Å². The number of hydrogen-bond acceptors (Lipinski definition) is 3. The average Bonchev–Trinajstić information content (AvgIpc) is 2.87. The molecule has 1 fully saturated rings. The Hall–Kier alpha value is -1.49. The van der Waals surface area contributed by atoms with E-state index in [1.807, 2.05) is 26.8 Å². The number of carbonyl (C=O) groups excluding carboxylic acids is 2. The highest BCUT2D eigenvalue weighted by Crippen LogP contribution is 2.34. The summed E-state index contributed by atoms with van der Waals surface area (Å²) in [5, 5.41) is -0.162. The van der Waals surface area contributed by atoms with E-state index in [-0.39, 0.29) is 17.2 Å². The number of imide groups is 1. The zero-order valence-corrected chi connectivity index (χ0v) is 14.1. The van der Waals surface area contributed by atoms with Crippen molar-refractivity contribution in [1.82, 2.24) is 9.47 Å². The van der Waals surface area contributed by atoms with Crippen LogP contribution in [0, 0.1) is 13.8 Å². The van der Waals surface area contributed by atoms with E-state index in [1.54, 1.807) is 0 Å². The van der Waals surface area contributed by atoms with Crippen LogP contribution >= 0.6 is 11.8 Å². The van der Waals surface area contributed by atoms with Crippen molar-refractivity contribution in [3.8, 4) is 0 Å². The predicted octanol–water partition coefficient (Wildman–Crippen LogP) is 3.96. The number of carbonyl (C=O) groups is 2. The molecule has 5 heteroatoms. The number of nitrogens with zero attached hydrogens (tertiary/aromatic N) is 2. The van der Waals surface area contributed by atoms with Gasteiger partial charge in [0.1, 0.15) is 0 Å². The zero-order valence-electron chi connectivity index (χ0n) is 13.3. The molecule has 1 aromatic rings. The van der Waals surface area contributed by atoms with E-state index in [0.717, 1.165) is 36.0 Å². The lowest BCUT2D eigenvalue weighted by molar-refractivity contribution is -0.124. The summed E-state index contributed by atoms with van der Waals surface area (Å²) in [5.41, 5.74) is 3.32. The van der Waals surface area contributed by atoms with Crippen LogP contribution in [0.1, 0.15) is 44.1 Å². The van der Waals surface area contributed by atoms with Crippen molar-refractivity contribution >= 4 is 29.0 Å². The van der Waals surface area contributed by atoms with Crippen LogP contribution in [0.25, 0.3) is 6.08 Å². The molecule has 0 radical (unpaired) electrons. The van der Waals surface area contributed by atoms with Gasteiger partial charge in [0.25, 0.3) is 11.1 Å². The van der Waals surface area contributed by atoms with Gasteiger partial charge in [0.15, 0.2) is 0 Å². The van der Waals surface area contributed by atoms with Crippen LogP contribution in [-0.4, -0.2) is 26.7 Å². The first-order chi connectivity index (χ1) is 9.90. The fourth-order valence-electron chi connectivity index (χ4n) is 2.64. The van der Waals surface area contributed by atoms with Gasteiger partial charge >= 0.3 is 0 Å². The van der Waals surface area contributed by atoms with Gasteiger partial charge in [-0.2, -0.15) is 0 Å². The van der Waals surface area contributed by atoms with Crippen LogP contribution in [0.4, 0.5) is 4.79 Å². The van der Waals surface area contributed by atoms with Gasteiger partial charge in [0.2, 0.25) is 0 Å². The quantitative estimate of drug-likeness (QED) is 0.791. The number of rotatable bonds is 4. The van der Waals surface area contributed by atoms with Gasteiger partial charge in [-0.1, -0.05) is 6.92 Å². The molecule has 1 aliphatic heterocycles. The van der Waals surface area contributed by atoms with E-state index in [2.05, 4.69) is 24.5 Å². The summed E-state index contributed by atoms with van der Waals surface area (Å²) in [4.78, 5) is 26.3. The summed E-state index contributed by atoms with van der Waals surface area (Å²) in [7, 11) is 0. The van der Waals surface area contributed by atoms with Gasteiger partial charge in [0, 0.05) is 24.0 Å². The summed E-state index contributed by atoms with van der Waals surface area (Å²) in [5.74, 6) is -0.166. The number of thioether (sulfide) groups is 1. The Balaban J connectivity index is 2.35. The molecule has 4 nitrogen and oxygen atoms in total. The lowest BCUT2D eigenvalue weighted by Gasteiger charge is -2.19. The van der Waals surface area contributed by atoms with Crippen LogP contribution in [-0.2, 0) is 11.3 Å². The number of aryl methyl sites for hydroxylation is 1. The second-order valence-electron chi connectivity index (χ2n) is 5.38. The molecule has 0 unspecified atom stereocenters. The monoisotopic (exact) mass is 306 g/mol. The maximum absolute atomic E-state index is 12.4. The van der Waals surface area contributed by atoms with Crippen molar-refractivity contribution in [3.05, 3.63) is 27.9 Å². The fourth-order valence-corrected chi connectivity index (χ4v) is 3.56. The van der Waals surface area contributed by atoms with Gasteiger partial charge in [-0.05, 0) is 63.6 Å². The maximum atomic E-state index is 12.4. The van der Waals surface area contributed by atoms with Crippen LogP contribution in [0.3, 0.4) is 0 Å². The zero-order chi connectivity index (χ0) is 15.7. The van der Waals surface area contributed by atoms with Gasteiger partial charge < -0.3 is 4.57 Å². The van der Waals surface area contributed by atoms with Gasteiger partial charge in [-0.25, -0.2) is 0 Å². The number of amides is 2. The molecular formula is C16H22N2O2S. The average molecular weight is 306 g/mol. The molecule has 1 aliphatic rings. The van der Waals surface area contributed by atoms with Crippen LogP contribution in [0.2, 0.25) is 0 Å². The fraction of sp³-hybridized carbons (Fsp3) is 0.500. The molecule has 21 heavy (non-hydrogen) atoms. The summed E-state index contributed by atoms with van der Waals surface area (Å²) in [6.07, 6.45) is 2.62. The highest BCUT2D eigenvalue weighted by Gasteiger charge is 2.37. The predicted molar refractivity (Wildman–Crippen MR) is 87.1 cm³/mol. The van der Waals surface area contributed by atoms with E-state index in [1.165, 1.54) is 10.6 Å². The second-order valence-corrected chi connectivity index (χ2v) is 6.37. The Bertz CT molecular complexity index is 616. The molecule has 0 saturated carbocycles. The third kappa shape index (κ3) is 2.79. The Morgan fingerprint density at radius 1 is 1.29 bits per heavy atom. The molecule has 1 aromatic heterocycles. The first kappa shape index (κ1) is 15.9. The third-order valence-corrected chi connectivity index (χ3v) is 4.95. The van der Waals surface area contributed by atoms with Crippen molar-refractivity contribution in [3.63, 3.8) is 0 Å². The molecule has 2 heterocycles. The summed E-state index contributed by atoms with van der Waals surface area (Å²) >= 11 is 1.04. The van der Waals surface area contributed by atoms with Crippen molar-refractivity contribution in [2.24, 2.45) is 0 Å². The highest BCUT2D eigenvalue weighted by atomic mass is 32.2. The van der Waals surface area contributed by atoms with E-state index in [9.17, 15) is 9.59 Å². The molecule has 1 saturated heterocycles. The summed E-state index contributed by atoms with van der Waals surface area (Å²) < 4.78 is 2.20. The normalized spacial score (nSPS) is 18.9. The third-order valence-electron chi connectivity index (χ3n) is 4.07. The molecular weight excluding hydrogens is 284 g/mol. The molecule has 2 rings (SSSR count). The minimum atomic E-state index is -0.166. The summed E-state index contributed by atoms with van der Waals surface area (Å²) in [6, 6.07) is 2.02. The first-order valence-electron chi connectivity index (χ1n) is 7.34. The van der Waals surface area contributed by atoms with Gasteiger partial charge in [0.05, 0.1) is 4.91 Å². The second kappa shape index (κ2) is 6.10. The van der Waals surface area contributed by atoms with E-state index >= 15 is 0 Å². The first-order valence-corrected chi connectivity index (χ1v) is 8.16. The topological polar surface area (TPSA) is 42.3 Å². The lowest BCUT2D eigenvalue weighted by Crippen LogP contribution is -2.36. The minimum absolute atomic E-state index is 0.0496.